The Labute approximate surface area is 93.8 Å². The zero-order chi connectivity index (χ0) is 11.5. The van der Waals surface area contributed by atoms with E-state index in [0.717, 1.165) is 6.42 Å². The summed E-state index contributed by atoms with van der Waals surface area (Å²) in [6, 6.07) is 0. The third-order valence-electron chi connectivity index (χ3n) is 3.05. The van der Waals surface area contributed by atoms with Crippen molar-refractivity contribution in [3.63, 3.8) is 0 Å². The number of ketones is 1. The molecule has 0 saturated carbocycles. The molecule has 16 heavy (non-hydrogen) atoms. The number of likely N-dealkylation sites (tertiary alicyclic amines) is 1. The molecule has 1 N–H and O–H groups in total. The molecule has 0 aromatic carbocycles. The van der Waals surface area contributed by atoms with Gasteiger partial charge >= 0.3 is 0 Å². The first-order valence-corrected chi connectivity index (χ1v) is 5.53. The third kappa shape index (κ3) is 1.98. The van der Waals surface area contributed by atoms with Crippen molar-refractivity contribution in [2.24, 2.45) is 5.92 Å². The van der Waals surface area contributed by atoms with Crippen LogP contribution in [0, 0.1) is 5.92 Å². The fourth-order valence-electron chi connectivity index (χ4n) is 2.00. The summed E-state index contributed by atoms with van der Waals surface area (Å²) in [4.78, 5) is 25.2. The van der Waals surface area contributed by atoms with Crippen LogP contribution < -0.4 is 0 Å². The van der Waals surface area contributed by atoms with Gasteiger partial charge in [-0.25, -0.2) is 0 Å². The normalized spacial score (nSPS) is 21.2. The van der Waals surface area contributed by atoms with E-state index >= 15 is 0 Å². The Hall–Kier alpha value is -1.65. The molecular formula is C11H15N3O2. The number of H-pyrrole nitrogens is 1. The molecule has 5 nitrogen and oxygen atoms in total. The summed E-state index contributed by atoms with van der Waals surface area (Å²) in [5.74, 6) is 0.239. The van der Waals surface area contributed by atoms with E-state index in [0.29, 0.717) is 25.1 Å². The highest BCUT2D eigenvalue weighted by Crippen LogP contribution is 2.17. The number of aromatic nitrogens is 2. The van der Waals surface area contributed by atoms with Crippen molar-refractivity contribution in [2.45, 2.75) is 19.8 Å². The van der Waals surface area contributed by atoms with Gasteiger partial charge in [0.15, 0.2) is 0 Å². The minimum absolute atomic E-state index is 0.00426. The molecule has 1 aromatic rings. The molecule has 5 heteroatoms. The molecule has 1 saturated heterocycles. The molecule has 2 heterocycles. The van der Waals surface area contributed by atoms with Crippen molar-refractivity contribution in [2.75, 3.05) is 13.1 Å². The predicted molar refractivity (Wildman–Crippen MR) is 57.9 cm³/mol. The second-order valence-electron chi connectivity index (χ2n) is 4.06. The lowest BCUT2D eigenvalue weighted by molar-refractivity contribution is -0.125. The molecule has 0 aliphatic carbocycles. The Balaban J connectivity index is 2.06. The first kappa shape index (κ1) is 10.9. The Morgan fingerprint density at radius 1 is 1.69 bits per heavy atom. The van der Waals surface area contributed by atoms with Gasteiger partial charge in [-0.15, -0.1) is 0 Å². The highest BCUT2D eigenvalue weighted by Gasteiger charge is 2.29. The summed E-state index contributed by atoms with van der Waals surface area (Å²) in [7, 11) is 0. The molecule has 1 amide bonds. The van der Waals surface area contributed by atoms with Crippen molar-refractivity contribution < 1.29 is 9.59 Å². The van der Waals surface area contributed by atoms with Gasteiger partial charge in [0.2, 0.25) is 0 Å². The van der Waals surface area contributed by atoms with Crippen molar-refractivity contribution in [3.8, 4) is 0 Å². The number of hydrogen-bond acceptors (Lipinski definition) is 3. The zero-order valence-corrected chi connectivity index (χ0v) is 9.27. The maximum absolute atomic E-state index is 12.0. The van der Waals surface area contributed by atoms with Crippen LogP contribution in [0.1, 0.15) is 30.1 Å². The van der Waals surface area contributed by atoms with E-state index in [4.69, 9.17) is 0 Å². The van der Waals surface area contributed by atoms with Gasteiger partial charge in [0.1, 0.15) is 5.78 Å². The van der Waals surface area contributed by atoms with Gasteiger partial charge in [0.05, 0.1) is 11.8 Å². The predicted octanol–water partition coefficient (Wildman–Crippen LogP) is 0.851. The summed E-state index contributed by atoms with van der Waals surface area (Å²) in [6.45, 7) is 3.05. The molecule has 0 radical (unpaired) electrons. The standard InChI is InChI=1S/C11H15N3O2/c1-2-8-7-14(4-3-10(8)15)11(16)9-5-12-13-6-9/h5-6,8H,2-4,7H2,1H3,(H,12,13). The number of amides is 1. The summed E-state index contributed by atoms with van der Waals surface area (Å²) >= 11 is 0. The SMILES string of the molecule is CCC1CN(C(=O)c2cn[nH]c2)CCC1=O. The molecule has 86 valence electrons. The second kappa shape index (κ2) is 4.47. The van der Waals surface area contributed by atoms with Crippen LogP contribution in [0.5, 0.6) is 0 Å². The molecule has 0 spiro atoms. The molecule has 1 fully saturated rings. The number of nitrogens with zero attached hydrogens (tertiary/aromatic N) is 2. The van der Waals surface area contributed by atoms with Crippen LogP contribution in [0.25, 0.3) is 0 Å². The first-order chi connectivity index (χ1) is 7.72. The topological polar surface area (TPSA) is 66.1 Å². The molecule has 0 bridgehead atoms. The van der Waals surface area contributed by atoms with E-state index in [1.165, 1.54) is 6.20 Å². The number of rotatable bonds is 2. The number of carbonyl (C=O) groups excluding carboxylic acids is 2. The summed E-state index contributed by atoms with van der Waals surface area (Å²) in [6.07, 6.45) is 4.37. The maximum Gasteiger partial charge on any atom is 0.257 e. The number of hydrogen-bond donors (Lipinski definition) is 1. The maximum atomic E-state index is 12.0. The minimum Gasteiger partial charge on any atom is -0.337 e. The van der Waals surface area contributed by atoms with Crippen LogP contribution in [-0.2, 0) is 4.79 Å². The Kier molecular flexibility index (Phi) is 3.03. The summed E-state index contributed by atoms with van der Waals surface area (Å²) in [5, 5.41) is 6.37. The Bertz CT molecular complexity index is 386. The van der Waals surface area contributed by atoms with Crippen LogP contribution in [-0.4, -0.2) is 39.9 Å². The Morgan fingerprint density at radius 3 is 3.12 bits per heavy atom. The van der Waals surface area contributed by atoms with E-state index in [2.05, 4.69) is 10.2 Å². The second-order valence-corrected chi connectivity index (χ2v) is 4.06. The van der Waals surface area contributed by atoms with Gasteiger partial charge in [-0.2, -0.15) is 5.10 Å². The number of carbonyl (C=O) groups is 2. The van der Waals surface area contributed by atoms with Crippen LogP contribution >= 0.6 is 0 Å². The number of nitrogens with one attached hydrogen (secondary N) is 1. The molecule has 1 aliphatic rings. The quantitative estimate of drug-likeness (QED) is 0.805. The number of piperidine rings is 1. The highest BCUT2D eigenvalue weighted by atomic mass is 16.2. The van der Waals surface area contributed by atoms with Gasteiger partial charge < -0.3 is 4.90 Å². The van der Waals surface area contributed by atoms with E-state index in [1.807, 2.05) is 6.92 Å². The number of aromatic amines is 1. The van der Waals surface area contributed by atoms with Crippen molar-refractivity contribution >= 4 is 11.7 Å². The third-order valence-corrected chi connectivity index (χ3v) is 3.05. The molecule has 1 atom stereocenters. The van der Waals surface area contributed by atoms with E-state index in [-0.39, 0.29) is 17.6 Å². The fraction of sp³-hybridized carbons (Fsp3) is 0.545. The summed E-state index contributed by atoms with van der Waals surface area (Å²) in [5.41, 5.74) is 0.559. The lowest BCUT2D eigenvalue weighted by Gasteiger charge is -2.31. The highest BCUT2D eigenvalue weighted by molar-refractivity contribution is 5.95. The smallest absolute Gasteiger partial charge is 0.257 e. The molecule has 1 aromatic heterocycles. The summed E-state index contributed by atoms with van der Waals surface area (Å²) < 4.78 is 0. The number of Topliss-reactive ketones (excluding diaryl/α,β-unsaturated/α-hetero) is 1. The van der Waals surface area contributed by atoms with Crippen molar-refractivity contribution in [3.05, 3.63) is 18.0 Å². The molecule has 2 rings (SSSR count). The molecule has 1 unspecified atom stereocenters. The largest absolute Gasteiger partial charge is 0.337 e. The van der Waals surface area contributed by atoms with Crippen LogP contribution in [0.2, 0.25) is 0 Å². The van der Waals surface area contributed by atoms with E-state index in [1.54, 1.807) is 11.1 Å². The van der Waals surface area contributed by atoms with Gasteiger partial charge in [-0.3, -0.25) is 14.7 Å². The van der Waals surface area contributed by atoms with Gasteiger partial charge in [-0.05, 0) is 6.42 Å². The van der Waals surface area contributed by atoms with Gasteiger partial charge in [0.25, 0.3) is 5.91 Å². The Morgan fingerprint density at radius 2 is 2.50 bits per heavy atom. The molecule has 1 aliphatic heterocycles. The van der Waals surface area contributed by atoms with Gasteiger partial charge in [0, 0.05) is 31.6 Å². The van der Waals surface area contributed by atoms with Crippen LogP contribution in [0.15, 0.2) is 12.4 Å². The van der Waals surface area contributed by atoms with Crippen LogP contribution in [0.4, 0.5) is 0 Å². The first-order valence-electron chi connectivity index (χ1n) is 5.53. The van der Waals surface area contributed by atoms with Crippen molar-refractivity contribution in [1.82, 2.24) is 15.1 Å². The average Bonchev–Trinajstić information content (AvgIpc) is 2.82. The fourth-order valence-corrected chi connectivity index (χ4v) is 2.00. The molecular weight excluding hydrogens is 206 g/mol. The van der Waals surface area contributed by atoms with E-state index < -0.39 is 0 Å². The van der Waals surface area contributed by atoms with Crippen molar-refractivity contribution in [1.29, 1.82) is 0 Å². The lowest BCUT2D eigenvalue weighted by atomic mass is 9.94. The zero-order valence-electron chi connectivity index (χ0n) is 9.27. The van der Waals surface area contributed by atoms with E-state index in [9.17, 15) is 9.59 Å². The lowest BCUT2D eigenvalue weighted by Crippen LogP contribution is -2.43. The van der Waals surface area contributed by atoms with Gasteiger partial charge in [-0.1, -0.05) is 6.92 Å². The minimum atomic E-state index is -0.0419. The monoisotopic (exact) mass is 221 g/mol. The van der Waals surface area contributed by atoms with Crippen LogP contribution in [0.3, 0.4) is 0 Å². The average molecular weight is 221 g/mol.